The second kappa shape index (κ2) is 5.15. The molecule has 1 heterocycles. The minimum Gasteiger partial charge on any atom is -0.328 e. The van der Waals surface area contributed by atoms with Crippen LogP contribution in [0.4, 0.5) is 0 Å². The van der Waals surface area contributed by atoms with Crippen LogP contribution in [0.3, 0.4) is 0 Å². The maximum atomic E-state index is 5.99. The van der Waals surface area contributed by atoms with Crippen molar-refractivity contribution in [2.45, 2.75) is 6.04 Å². The van der Waals surface area contributed by atoms with Gasteiger partial charge in [-0.2, -0.15) is 0 Å². The predicted octanol–water partition coefficient (Wildman–Crippen LogP) is 3.35. The molecule has 0 aliphatic heterocycles. The maximum absolute atomic E-state index is 5.99. The van der Waals surface area contributed by atoms with Gasteiger partial charge in [-0.25, -0.2) is 4.98 Å². The second-order valence-corrected chi connectivity index (χ2v) is 5.27. The third-order valence-corrected chi connectivity index (χ3v) is 4.03. The summed E-state index contributed by atoms with van der Waals surface area (Å²) >= 11 is 3.60. The van der Waals surface area contributed by atoms with Gasteiger partial charge in [-0.3, -0.25) is 0 Å². The topological polar surface area (TPSA) is 43.8 Å². The molecule has 1 aromatic heterocycles. The molecule has 2 aromatic carbocycles. The zero-order valence-corrected chi connectivity index (χ0v) is 11.9. The number of hydrogen-bond donors (Lipinski definition) is 1. The number of nitrogens with zero attached hydrogens (tertiary/aromatic N) is 2. The summed E-state index contributed by atoms with van der Waals surface area (Å²) in [4.78, 5) is 4.43. The van der Waals surface area contributed by atoms with Gasteiger partial charge in [-0.15, -0.1) is 0 Å². The first-order valence-corrected chi connectivity index (χ1v) is 6.96. The Morgan fingerprint density at radius 1 is 1.11 bits per heavy atom. The van der Waals surface area contributed by atoms with E-state index in [4.69, 9.17) is 5.73 Å². The molecule has 96 valence electrons. The van der Waals surface area contributed by atoms with Gasteiger partial charge >= 0.3 is 0 Å². The number of aromatic nitrogens is 2. The maximum Gasteiger partial charge on any atom is 0.0964 e. The van der Waals surface area contributed by atoms with E-state index in [1.807, 2.05) is 42.7 Å². The van der Waals surface area contributed by atoms with Crippen LogP contribution in [0.5, 0.6) is 0 Å². The van der Waals surface area contributed by atoms with Gasteiger partial charge in [0, 0.05) is 11.0 Å². The van der Waals surface area contributed by atoms with Crippen molar-refractivity contribution < 1.29 is 0 Å². The van der Waals surface area contributed by atoms with Gasteiger partial charge in [0.15, 0.2) is 0 Å². The van der Waals surface area contributed by atoms with Gasteiger partial charge in [-0.1, -0.05) is 46.3 Å². The van der Waals surface area contributed by atoms with Crippen LogP contribution in [0.25, 0.3) is 11.0 Å². The number of imidazole rings is 1. The van der Waals surface area contributed by atoms with Crippen molar-refractivity contribution in [3.8, 4) is 0 Å². The Labute approximate surface area is 120 Å². The van der Waals surface area contributed by atoms with Crippen molar-refractivity contribution in [1.82, 2.24) is 9.55 Å². The van der Waals surface area contributed by atoms with E-state index in [9.17, 15) is 0 Å². The standard InChI is InChI=1S/C15H14BrN3/c16-12-6-2-1-5-11(12)15(9-17)19-10-18-13-7-3-4-8-14(13)19/h1-8,10,15H,9,17H2. The second-order valence-electron chi connectivity index (χ2n) is 4.41. The number of hydrogen-bond acceptors (Lipinski definition) is 2. The minimum absolute atomic E-state index is 0.0861. The molecule has 3 rings (SSSR count). The highest BCUT2D eigenvalue weighted by atomic mass is 79.9. The van der Waals surface area contributed by atoms with Crippen LogP contribution in [0.15, 0.2) is 59.3 Å². The summed E-state index contributed by atoms with van der Waals surface area (Å²) in [5.74, 6) is 0. The molecular formula is C15H14BrN3. The van der Waals surface area contributed by atoms with Crippen molar-refractivity contribution in [2.24, 2.45) is 5.73 Å². The lowest BCUT2D eigenvalue weighted by Crippen LogP contribution is -2.20. The van der Waals surface area contributed by atoms with Crippen molar-refractivity contribution >= 4 is 27.0 Å². The number of fused-ring (bicyclic) bond motifs is 1. The van der Waals surface area contributed by atoms with E-state index in [1.54, 1.807) is 0 Å². The molecule has 0 saturated heterocycles. The van der Waals surface area contributed by atoms with Crippen LogP contribution < -0.4 is 5.73 Å². The molecule has 0 bridgehead atoms. The first-order valence-electron chi connectivity index (χ1n) is 6.17. The number of halogens is 1. The molecule has 0 spiro atoms. The van der Waals surface area contributed by atoms with Crippen molar-refractivity contribution in [1.29, 1.82) is 0 Å². The molecule has 0 fully saturated rings. The average Bonchev–Trinajstić information content (AvgIpc) is 2.86. The largest absolute Gasteiger partial charge is 0.328 e. The lowest BCUT2D eigenvalue weighted by molar-refractivity contribution is 0.608. The molecule has 2 N–H and O–H groups in total. The van der Waals surface area contributed by atoms with Crippen LogP contribution in [0, 0.1) is 0 Å². The highest BCUT2D eigenvalue weighted by molar-refractivity contribution is 9.10. The van der Waals surface area contributed by atoms with Gasteiger partial charge < -0.3 is 10.3 Å². The Bertz CT molecular complexity index is 705. The monoisotopic (exact) mass is 315 g/mol. The van der Waals surface area contributed by atoms with E-state index in [0.717, 1.165) is 15.5 Å². The van der Waals surface area contributed by atoms with Gasteiger partial charge in [-0.05, 0) is 23.8 Å². The number of benzene rings is 2. The highest BCUT2D eigenvalue weighted by Crippen LogP contribution is 2.28. The van der Waals surface area contributed by atoms with Crippen LogP contribution in [0.1, 0.15) is 11.6 Å². The summed E-state index contributed by atoms with van der Waals surface area (Å²) in [7, 11) is 0. The SMILES string of the molecule is NCC(c1ccccc1Br)n1cnc2ccccc21. The van der Waals surface area contributed by atoms with Gasteiger partial charge in [0.05, 0.1) is 23.4 Å². The van der Waals surface area contributed by atoms with Crippen LogP contribution in [-0.2, 0) is 0 Å². The number of para-hydroxylation sites is 2. The lowest BCUT2D eigenvalue weighted by Gasteiger charge is -2.19. The van der Waals surface area contributed by atoms with E-state index < -0.39 is 0 Å². The van der Waals surface area contributed by atoms with Gasteiger partial charge in [0.2, 0.25) is 0 Å². The van der Waals surface area contributed by atoms with Crippen LogP contribution in [0.2, 0.25) is 0 Å². The molecule has 3 nitrogen and oxygen atoms in total. The number of rotatable bonds is 3. The van der Waals surface area contributed by atoms with E-state index in [2.05, 4.69) is 37.6 Å². The summed E-state index contributed by atoms with van der Waals surface area (Å²) in [5, 5.41) is 0. The molecule has 3 aromatic rings. The molecule has 19 heavy (non-hydrogen) atoms. The molecule has 0 radical (unpaired) electrons. The normalized spacial score (nSPS) is 12.7. The summed E-state index contributed by atoms with van der Waals surface area (Å²) in [6.07, 6.45) is 1.86. The summed E-state index contributed by atoms with van der Waals surface area (Å²) in [5.41, 5.74) is 9.26. The van der Waals surface area contributed by atoms with E-state index in [-0.39, 0.29) is 6.04 Å². The van der Waals surface area contributed by atoms with E-state index in [0.29, 0.717) is 6.54 Å². The number of nitrogens with two attached hydrogens (primary N) is 1. The predicted molar refractivity (Wildman–Crippen MR) is 81.1 cm³/mol. The van der Waals surface area contributed by atoms with Crippen molar-refractivity contribution in [3.05, 3.63) is 64.9 Å². The zero-order valence-electron chi connectivity index (χ0n) is 10.3. The Kier molecular flexibility index (Phi) is 3.36. The molecule has 0 amide bonds. The minimum atomic E-state index is 0.0861. The Morgan fingerprint density at radius 2 is 1.84 bits per heavy atom. The third-order valence-electron chi connectivity index (χ3n) is 3.30. The smallest absolute Gasteiger partial charge is 0.0964 e. The summed E-state index contributed by atoms with van der Waals surface area (Å²) in [6.45, 7) is 0.531. The fraction of sp³-hybridized carbons (Fsp3) is 0.133. The first kappa shape index (κ1) is 12.4. The quantitative estimate of drug-likeness (QED) is 0.805. The Hall–Kier alpha value is -1.65. The van der Waals surface area contributed by atoms with Crippen LogP contribution >= 0.6 is 15.9 Å². The fourth-order valence-corrected chi connectivity index (χ4v) is 2.91. The lowest BCUT2D eigenvalue weighted by atomic mass is 10.1. The van der Waals surface area contributed by atoms with E-state index in [1.165, 1.54) is 5.56 Å². The van der Waals surface area contributed by atoms with Gasteiger partial charge in [0.1, 0.15) is 0 Å². The Morgan fingerprint density at radius 3 is 2.63 bits per heavy atom. The molecular weight excluding hydrogens is 302 g/mol. The zero-order chi connectivity index (χ0) is 13.2. The summed E-state index contributed by atoms with van der Waals surface area (Å²) in [6, 6.07) is 16.4. The van der Waals surface area contributed by atoms with Crippen LogP contribution in [-0.4, -0.2) is 16.1 Å². The van der Waals surface area contributed by atoms with E-state index >= 15 is 0 Å². The van der Waals surface area contributed by atoms with Crippen molar-refractivity contribution in [3.63, 3.8) is 0 Å². The molecule has 0 aliphatic rings. The molecule has 4 heteroatoms. The Balaban J connectivity index is 2.15. The average molecular weight is 316 g/mol. The molecule has 1 unspecified atom stereocenters. The van der Waals surface area contributed by atoms with Crippen molar-refractivity contribution in [2.75, 3.05) is 6.54 Å². The first-order chi connectivity index (χ1) is 9.31. The molecule has 0 aliphatic carbocycles. The highest BCUT2D eigenvalue weighted by Gasteiger charge is 2.16. The third kappa shape index (κ3) is 2.17. The van der Waals surface area contributed by atoms with Gasteiger partial charge in [0.25, 0.3) is 0 Å². The molecule has 1 atom stereocenters. The molecule has 0 saturated carbocycles. The summed E-state index contributed by atoms with van der Waals surface area (Å²) < 4.78 is 3.21. The fourth-order valence-electron chi connectivity index (χ4n) is 2.36.